The van der Waals surface area contributed by atoms with Gasteiger partial charge in [0.05, 0.1) is 12.4 Å². The van der Waals surface area contributed by atoms with Gasteiger partial charge in [0.1, 0.15) is 5.75 Å². The highest BCUT2D eigenvalue weighted by molar-refractivity contribution is 8.00. The number of hydrogen-bond donors (Lipinski definition) is 0. The molecule has 3 aromatic carbocycles. The van der Waals surface area contributed by atoms with Crippen molar-refractivity contribution < 1.29 is 4.74 Å². The number of ether oxygens (including phenoxy) is 1. The van der Waals surface area contributed by atoms with Gasteiger partial charge in [0, 0.05) is 11.2 Å². The number of hydrogen-bond acceptors (Lipinski definition) is 2. The molecule has 2 heteroatoms. The SMILES string of the molecule is COc1ccc([C@H]2c3ccccc3[C@H](c3ccccc3)S[C@@H]2C)cc1. The zero-order chi connectivity index (χ0) is 17.2. The summed E-state index contributed by atoms with van der Waals surface area (Å²) >= 11 is 2.06. The lowest BCUT2D eigenvalue weighted by Crippen LogP contribution is -2.23. The normalized spacial score (nSPS) is 22.2. The van der Waals surface area contributed by atoms with Crippen LogP contribution in [0.1, 0.15) is 40.3 Å². The molecule has 1 nitrogen and oxygen atoms in total. The number of methoxy groups -OCH3 is 1. The molecule has 0 spiro atoms. The molecule has 0 saturated heterocycles. The van der Waals surface area contributed by atoms with E-state index in [1.54, 1.807) is 7.11 Å². The van der Waals surface area contributed by atoms with Gasteiger partial charge in [0.15, 0.2) is 0 Å². The monoisotopic (exact) mass is 346 g/mol. The molecule has 4 rings (SSSR count). The molecule has 0 N–H and O–H groups in total. The summed E-state index contributed by atoms with van der Waals surface area (Å²) in [5.74, 6) is 1.32. The molecule has 0 bridgehead atoms. The Kier molecular flexibility index (Phi) is 4.54. The maximum absolute atomic E-state index is 5.32. The van der Waals surface area contributed by atoms with E-state index >= 15 is 0 Å². The van der Waals surface area contributed by atoms with Gasteiger partial charge < -0.3 is 4.74 Å². The van der Waals surface area contributed by atoms with Crippen molar-refractivity contribution in [3.8, 4) is 5.75 Å². The molecule has 3 atom stereocenters. The minimum Gasteiger partial charge on any atom is -0.497 e. The van der Waals surface area contributed by atoms with Crippen molar-refractivity contribution in [2.24, 2.45) is 0 Å². The van der Waals surface area contributed by atoms with Crippen LogP contribution < -0.4 is 4.74 Å². The fourth-order valence-corrected chi connectivity index (χ4v) is 5.37. The third kappa shape index (κ3) is 3.07. The Balaban J connectivity index is 1.78. The van der Waals surface area contributed by atoms with Gasteiger partial charge in [-0.15, -0.1) is 11.8 Å². The molecular weight excluding hydrogens is 324 g/mol. The van der Waals surface area contributed by atoms with Gasteiger partial charge in [-0.1, -0.05) is 73.7 Å². The standard InChI is InChI=1S/C23H22OS/c1-16-22(17-12-14-19(24-2)15-13-17)20-10-6-7-11-21(20)23(25-16)18-8-4-3-5-9-18/h3-16,22-23H,1-2H3/t16-,22+,23+/m1/s1. The quantitative estimate of drug-likeness (QED) is 0.571. The largest absolute Gasteiger partial charge is 0.497 e. The Labute approximate surface area is 154 Å². The second-order valence-corrected chi connectivity index (χ2v) is 8.00. The summed E-state index contributed by atoms with van der Waals surface area (Å²) in [6.07, 6.45) is 0. The smallest absolute Gasteiger partial charge is 0.118 e. The highest BCUT2D eigenvalue weighted by atomic mass is 32.2. The van der Waals surface area contributed by atoms with E-state index in [4.69, 9.17) is 4.74 Å². The maximum atomic E-state index is 5.32. The van der Waals surface area contributed by atoms with Crippen LogP contribution in [0.2, 0.25) is 0 Å². The van der Waals surface area contributed by atoms with Crippen molar-refractivity contribution in [1.82, 2.24) is 0 Å². The lowest BCUT2D eigenvalue weighted by molar-refractivity contribution is 0.414. The topological polar surface area (TPSA) is 9.23 Å². The van der Waals surface area contributed by atoms with Gasteiger partial charge in [0.25, 0.3) is 0 Å². The van der Waals surface area contributed by atoms with Crippen LogP contribution in [0.25, 0.3) is 0 Å². The molecule has 1 aliphatic heterocycles. The molecule has 1 heterocycles. The Morgan fingerprint density at radius 1 is 0.720 bits per heavy atom. The molecular formula is C23H22OS. The molecule has 0 unspecified atom stereocenters. The first-order valence-electron chi connectivity index (χ1n) is 8.71. The molecule has 0 aromatic heterocycles. The van der Waals surface area contributed by atoms with Crippen LogP contribution in [0, 0.1) is 0 Å². The number of fused-ring (bicyclic) bond motifs is 1. The fourth-order valence-electron chi connectivity index (χ4n) is 3.80. The van der Waals surface area contributed by atoms with Gasteiger partial charge in [0.2, 0.25) is 0 Å². The van der Waals surface area contributed by atoms with E-state index in [0.29, 0.717) is 16.4 Å². The lowest BCUT2D eigenvalue weighted by Gasteiger charge is -2.36. The van der Waals surface area contributed by atoms with Crippen LogP contribution in [0.4, 0.5) is 0 Å². The highest BCUT2D eigenvalue weighted by Gasteiger charge is 2.34. The van der Waals surface area contributed by atoms with Gasteiger partial charge in [-0.3, -0.25) is 0 Å². The van der Waals surface area contributed by atoms with Crippen LogP contribution in [0.15, 0.2) is 78.9 Å². The van der Waals surface area contributed by atoms with Crippen LogP contribution in [0.5, 0.6) is 5.75 Å². The molecule has 0 radical (unpaired) electrons. The number of benzene rings is 3. The van der Waals surface area contributed by atoms with Gasteiger partial charge in [-0.25, -0.2) is 0 Å². The molecule has 3 aromatic rings. The maximum Gasteiger partial charge on any atom is 0.118 e. The second-order valence-electron chi connectivity index (χ2n) is 6.51. The second kappa shape index (κ2) is 6.97. The summed E-state index contributed by atoms with van der Waals surface area (Å²) < 4.78 is 5.32. The van der Waals surface area contributed by atoms with Gasteiger partial charge >= 0.3 is 0 Å². The number of thioether (sulfide) groups is 1. The third-order valence-corrected chi connectivity index (χ3v) is 6.51. The summed E-state index contributed by atoms with van der Waals surface area (Å²) in [5.41, 5.74) is 5.64. The zero-order valence-electron chi connectivity index (χ0n) is 14.6. The Morgan fingerprint density at radius 2 is 1.36 bits per heavy atom. The first-order valence-corrected chi connectivity index (χ1v) is 9.65. The van der Waals surface area contributed by atoms with Crippen molar-refractivity contribution in [2.45, 2.75) is 23.3 Å². The van der Waals surface area contributed by atoms with E-state index in [9.17, 15) is 0 Å². The zero-order valence-corrected chi connectivity index (χ0v) is 15.4. The van der Waals surface area contributed by atoms with Crippen LogP contribution in [-0.2, 0) is 0 Å². The van der Waals surface area contributed by atoms with E-state index in [1.165, 1.54) is 22.3 Å². The average molecular weight is 346 g/mol. The highest BCUT2D eigenvalue weighted by Crippen LogP contribution is 2.51. The van der Waals surface area contributed by atoms with Crippen LogP contribution >= 0.6 is 11.8 Å². The summed E-state index contributed by atoms with van der Waals surface area (Å²) in [6, 6.07) is 28.3. The molecule has 126 valence electrons. The van der Waals surface area contributed by atoms with E-state index < -0.39 is 0 Å². The Morgan fingerprint density at radius 3 is 2.04 bits per heavy atom. The van der Waals surface area contributed by atoms with Crippen LogP contribution in [0.3, 0.4) is 0 Å². The first-order chi connectivity index (χ1) is 12.3. The summed E-state index contributed by atoms with van der Waals surface area (Å²) in [7, 11) is 1.72. The van der Waals surface area contributed by atoms with Crippen LogP contribution in [-0.4, -0.2) is 12.4 Å². The summed E-state index contributed by atoms with van der Waals surface area (Å²) in [6.45, 7) is 2.35. The number of rotatable bonds is 3. The molecule has 0 aliphatic carbocycles. The lowest BCUT2D eigenvalue weighted by atomic mass is 9.83. The Bertz CT molecular complexity index is 841. The molecule has 0 saturated carbocycles. The average Bonchev–Trinajstić information content (AvgIpc) is 2.68. The van der Waals surface area contributed by atoms with Gasteiger partial charge in [-0.2, -0.15) is 0 Å². The minimum absolute atomic E-state index is 0.405. The van der Waals surface area contributed by atoms with Crippen molar-refractivity contribution >= 4 is 11.8 Å². The predicted octanol–water partition coefficient (Wildman–Crippen LogP) is 6.05. The fraction of sp³-hybridized carbons (Fsp3) is 0.217. The molecule has 25 heavy (non-hydrogen) atoms. The molecule has 0 amide bonds. The first kappa shape index (κ1) is 16.3. The predicted molar refractivity (Wildman–Crippen MR) is 107 cm³/mol. The van der Waals surface area contributed by atoms with E-state index in [-0.39, 0.29) is 0 Å². The summed E-state index contributed by atoms with van der Waals surface area (Å²) in [5, 5.41) is 0.912. The van der Waals surface area contributed by atoms with Crippen molar-refractivity contribution in [3.63, 3.8) is 0 Å². The van der Waals surface area contributed by atoms with E-state index in [1.807, 2.05) is 0 Å². The van der Waals surface area contributed by atoms with E-state index in [2.05, 4.69) is 97.5 Å². The van der Waals surface area contributed by atoms with Crippen molar-refractivity contribution in [3.05, 3.63) is 101 Å². The van der Waals surface area contributed by atoms with Crippen molar-refractivity contribution in [1.29, 1.82) is 0 Å². The van der Waals surface area contributed by atoms with E-state index in [0.717, 1.165) is 5.75 Å². The summed E-state index contributed by atoms with van der Waals surface area (Å²) in [4.78, 5) is 0. The van der Waals surface area contributed by atoms with Crippen molar-refractivity contribution in [2.75, 3.05) is 7.11 Å². The molecule has 1 aliphatic rings. The Hall–Kier alpha value is -2.19. The minimum atomic E-state index is 0.405. The third-order valence-electron chi connectivity index (χ3n) is 5.01. The van der Waals surface area contributed by atoms with Gasteiger partial charge in [-0.05, 0) is 34.4 Å². The molecule has 0 fully saturated rings.